The first kappa shape index (κ1) is 24.0. The molecule has 0 fully saturated rings. The van der Waals surface area contributed by atoms with Crippen molar-refractivity contribution < 1.29 is 13.2 Å². The summed E-state index contributed by atoms with van der Waals surface area (Å²) in [7, 11) is -1.63. The summed E-state index contributed by atoms with van der Waals surface area (Å²) in [4.78, 5) is 24.3. The average Bonchev–Trinajstić information content (AvgIpc) is 2.88. The maximum Gasteiger partial charge on any atom is 0.330 e. The molecule has 1 heterocycles. The average molecular weight is 492 g/mol. The highest BCUT2D eigenvalue weighted by Gasteiger charge is 2.29. The van der Waals surface area contributed by atoms with Gasteiger partial charge in [0.1, 0.15) is 12.4 Å². The van der Waals surface area contributed by atoms with Crippen LogP contribution in [-0.4, -0.2) is 17.6 Å². The topological polar surface area (TPSA) is 90.6 Å². The molecule has 35 heavy (non-hydrogen) atoms. The molecule has 8 nitrogen and oxygen atoms in total. The van der Waals surface area contributed by atoms with Crippen LogP contribution in [0, 0.1) is 0 Å². The third-order valence-electron chi connectivity index (χ3n) is 5.53. The Bertz CT molecular complexity index is 1530. The van der Waals surface area contributed by atoms with E-state index in [0.717, 1.165) is 25.2 Å². The number of para-hydroxylation sites is 1. The molecule has 0 saturated heterocycles. The normalized spacial score (nSPS) is 11.3. The van der Waals surface area contributed by atoms with Gasteiger partial charge in [-0.15, -0.1) is 0 Å². The molecule has 4 aromatic rings. The van der Waals surface area contributed by atoms with E-state index in [2.05, 4.69) is 0 Å². The minimum atomic E-state index is -4.29. The summed E-state index contributed by atoms with van der Waals surface area (Å²) in [5, 5.41) is 0. The first-order valence-electron chi connectivity index (χ1n) is 10.9. The summed E-state index contributed by atoms with van der Waals surface area (Å²) >= 11 is 0. The van der Waals surface area contributed by atoms with Gasteiger partial charge in [0.2, 0.25) is 0 Å². The first-order chi connectivity index (χ1) is 16.8. The summed E-state index contributed by atoms with van der Waals surface area (Å²) in [5.41, 5.74) is 0.653. The van der Waals surface area contributed by atoms with Crippen molar-refractivity contribution in [3.05, 3.63) is 123 Å². The molecule has 4 rings (SSSR count). The molecule has 3 aromatic carbocycles. The lowest BCUT2D eigenvalue weighted by Crippen LogP contribution is -2.42. The zero-order valence-electron chi connectivity index (χ0n) is 19.4. The fourth-order valence-electron chi connectivity index (χ4n) is 3.58. The number of sulfonamides is 1. The van der Waals surface area contributed by atoms with Crippen LogP contribution < -0.4 is 20.3 Å². The molecule has 0 N–H and O–H groups in total. The zero-order valence-corrected chi connectivity index (χ0v) is 20.2. The minimum absolute atomic E-state index is 0.0166. The molecule has 0 bridgehead atoms. The molecule has 0 aliphatic rings. The number of nitrogens with zero attached hydrogens (tertiary/aromatic N) is 3. The third-order valence-corrected chi connectivity index (χ3v) is 7.28. The first-order valence-corrected chi connectivity index (χ1v) is 12.3. The second-order valence-corrected chi connectivity index (χ2v) is 9.85. The quantitative estimate of drug-likeness (QED) is 0.378. The maximum absolute atomic E-state index is 13.7. The van der Waals surface area contributed by atoms with Crippen molar-refractivity contribution in [1.29, 1.82) is 0 Å². The molecule has 0 unspecified atom stereocenters. The molecule has 0 spiro atoms. The number of rotatable bonds is 8. The van der Waals surface area contributed by atoms with E-state index in [1.54, 1.807) is 54.6 Å². The van der Waals surface area contributed by atoms with Gasteiger partial charge in [0.05, 0.1) is 12.2 Å². The van der Waals surface area contributed by atoms with Gasteiger partial charge in [0, 0.05) is 20.3 Å². The van der Waals surface area contributed by atoms with Crippen LogP contribution in [0.3, 0.4) is 0 Å². The lowest BCUT2D eigenvalue weighted by atomic mass is 10.2. The highest BCUT2D eigenvalue weighted by atomic mass is 32.2. The predicted octanol–water partition coefficient (Wildman–Crippen LogP) is 3.06. The van der Waals surface area contributed by atoms with Crippen LogP contribution in [0.1, 0.15) is 11.1 Å². The molecule has 9 heteroatoms. The number of anilines is 1. The molecule has 1 aromatic heterocycles. The van der Waals surface area contributed by atoms with Gasteiger partial charge in [-0.2, -0.15) is 0 Å². The summed E-state index contributed by atoms with van der Waals surface area (Å²) in [5.74, 6) is 0.652. The monoisotopic (exact) mass is 491 g/mol. The van der Waals surface area contributed by atoms with E-state index >= 15 is 0 Å². The summed E-state index contributed by atoms with van der Waals surface area (Å²) in [6.07, 6.45) is 1.07. The largest absolute Gasteiger partial charge is 0.489 e. The Kier molecular flexibility index (Phi) is 6.88. The van der Waals surface area contributed by atoms with Gasteiger partial charge in [-0.3, -0.25) is 13.7 Å². The number of benzene rings is 3. The standard InChI is InChI=1S/C26H25N3O5S/c1-27-18-24(25(30)28(2)26(27)31)35(32,33)29(22-11-7-4-8-12-22)17-20-13-15-23(16-14-20)34-19-21-9-5-3-6-10-21/h3-16,18H,17,19H2,1-2H3. The van der Waals surface area contributed by atoms with Crippen LogP contribution in [0.5, 0.6) is 5.75 Å². The summed E-state index contributed by atoms with van der Waals surface area (Å²) < 4.78 is 36.2. The lowest BCUT2D eigenvalue weighted by molar-refractivity contribution is 0.306. The van der Waals surface area contributed by atoms with E-state index < -0.39 is 26.2 Å². The van der Waals surface area contributed by atoms with Gasteiger partial charge < -0.3 is 9.30 Å². The Balaban J connectivity index is 1.65. The van der Waals surface area contributed by atoms with E-state index in [0.29, 0.717) is 23.6 Å². The van der Waals surface area contributed by atoms with E-state index in [-0.39, 0.29) is 6.54 Å². The minimum Gasteiger partial charge on any atom is -0.489 e. The third kappa shape index (κ3) is 5.20. The van der Waals surface area contributed by atoms with E-state index in [1.165, 1.54) is 14.1 Å². The zero-order chi connectivity index (χ0) is 25.0. The van der Waals surface area contributed by atoms with Crippen molar-refractivity contribution in [2.24, 2.45) is 14.1 Å². The van der Waals surface area contributed by atoms with Gasteiger partial charge >= 0.3 is 5.69 Å². The highest BCUT2D eigenvalue weighted by molar-refractivity contribution is 7.92. The molecular weight excluding hydrogens is 466 g/mol. The van der Waals surface area contributed by atoms with Crippen molar-refractivity contribution >= 4 is 15.7 Å². The Labute approximate surface area is 203 Å². The van der Waals surface area contributed by atoms with Crippen LogP contribution in [0.2, 0.25) is 0 Å². The molecule has 0 aliphatic heterocycles. The SMILES string of the molecule is Cn1cc(S(=O)(=O)N(Cc2ccc(OCc3ccccc3)cc2)c2ccccc2)c(=O)n(C)c1=O. The Morgan fingerprint density at radius 2 is 1.40 bits per heavy atom. The van der Waals surface area contributed by atoms with Crippen LogP contribution in [0.4, 0.5) is 5.69 Å². The Morgan fingerprint density at radius 3 is 2.03 bits per heavy atom. The van der Waals surface area contributed by atoms with Gasteiger partial charge in [0.25, 0.3) is 15.6 Å². The van der Waals surface area contributed by atoms with Gasteiger partial charge in [0.15, 0.2) is 4.90 Å². The van der Waals surface area contributed by atoms with Gasteiger partial charge in [-0.25, -0.2) is 13.2 Å². The van der Waals surface area contributed by atoms with Gasteiger partial charge in [-0.05, 0) is 35.4 Å². The molecule has 0 atom stereocenters. The smallest absolute Gasteiger partial charge is 0.330 e. The molecule has 180 valence electrons. The van der Waals surface area contributed by atoms with E-state index in [1.807, 2.05) is 30.3 Å². The molecule has 0 radical (unpaired) electrons. The van der Waals surface area contributed by atoms with Crippen LogP contribution in [-0.2, 0) is 37.3 Å². The van der Waals surface area contributed by atoms with Crippen molar-refractivity contribution in [2.45, 2.75) is 18.0 Å². The number of aryl methyl sites for hydroxylation is 1. The van der Waals surface area contributed by atoms with Crippen molar-refractivity contribution in [3.63, 3.8) is 0 Å². The second kappa shape index (κ2) is 10.0. The van der Waals surface area contributed by atoms with E-state index in [4.69, 9.17) is 4.74 Å². The molecule has 0 saturated carbocycles. The highest BCUT2D eigenvalue weighted by Crippen LogP contribution is 2.25. The second-order valence-electron chi connectivity index (χ2n) is 8.02. The maximum atomic E-state index is 13.7. The summed E-state index contributed by atoms with van der Waals surface area (Å²) in [6.45, 7) is 0.401. The molecular formula is C26H25N3O5S. The molecule has 0 aliphatic carbocycles. The predicted molar refractivity (Wildman–Crippen MR) is 134 cm³/mol. The summed E-state index contributed by atoms with van der Waals surface area (Å²) in [6, 6.07) is 25.4. The fraction of sp³-hybridized carbons (Fsp3) is 0.154. The number of ether oxygens (including phenoxy) is 1. The number of hydrogen-bond acceptors (Lipinski definition) is 5. The van der Waals surface area contributed by atoms with Crippen molar-refractivity contribution in [2.75, 3.05) is 4.31 Å². The van der Waals surface area contributed by atoms with Crippen LogP contribution in [0.15, 0.2) is 106 Å². The number of hydrogen-bond donors (Lipinski definition) is 0. The van der Waals surface area contributed by atoms with E-state index in [9.17, 15) is 18.0 Å². The van der Waals surface area contributed by atoms with Crippen LogP contribution >= 0.6 is 0 Å². The van der Waals surface area contributed by atoms with Gasteiger partial charge in [-0.1, -0.05) is 60.7 Å². The Hall–Kier alpha value is -4.11. The lowest BCUT2D eigenvalue weighted by Gasteiger charge is -2.25. The number of aromatic nitrogens is 2. The van der Waals surface area contributed by atoms with Crippen LogP contribution in [0.25, 0.3) is 0 Å². The van der Waals surface area contributed by atoms with Crippen molar-refractivity contribution in [1.82, 2.24) is 9.13 Å². The Morgan fingerprint density at radius 1 is 0.800 bits per heavy atom. The fourth-order valence-corrected chi connectivity index (χ4v) is 5.18. The van der Waals surface area contributed by atoms with Crippen molar-refractivity contribution in [3.8, 4) is 5.75 Å². The molecule has 0 amide bonds.